The Morgan fingerprint density at radius 3 is 1.56 bits per heavy atom. The summed E-state index contributed by atoms with van der Waals surface area (Å²) >= 11 is 0. The summed E-state index contributed by atoms with van der Waals surface area (Å²) in [5.74, 6) is 0. The third kappa shape index (κ3) is 9.26. The molecule has 4 nitrogen and oxygen atoms in total. The van der Waals surface area contributed by atoms with Crippen molar-refractivity contribution in [3.8, 4) is 0 Å². The molecule has 0 atom stereocenters. The summed E-state index contributed by atoms with van der Waals surface area (Å²) in [5.41, 5.74) is -4.29. The highest BCUT2D eigenvalue weighted by molar-refractivity contribution is 7.97. The number of rotatable bonds is 7. The smallest absolute Gasteiger partial charge is 0.485 e. The lowest BCUT2D eigenvalue weighted by Gasteiger charge is -2.13. The van der Waals surface area contributed by atoms with Crippen LogP contribution in [-0.2, 0) is 27.4 Å². The Balaban J connectivity index is 0.000000440. The SMILES string of the molecule is C[Si](C)(O)CCCc1ccc([S+](c2ccccc2)c2ccccc2)cc1.O=S(=O)([O-])C(F)(F)F. The number of alkyl halides is 3. The van der Waals surface area contributed by atoms with E-state index in [1.54, 1.807) is 0 Å². The maximum Gasteiger partial charge on any atom is 0.485 e. The predicted octanol–water partition coefficient (Wildman–Crippen LogP) is 5.96. The lowest BCUT2D eigenvalue weighted by Crippen LogP contribution is -2.24. The molecule has 0 unspecified atom stereocenters. The first-order valence-electron chi connectivity index (χ1n) is 10.5. The topological polar surface area (TPSA) is 77.4 Å². The molecule has 0 aliphatic rings. The number of hydrogen-bond donors (Lipinski definition) is 1. The van der Waals surface area contributed by atoms with E-state index in [4.69, 9.17) is 13.0 Å². The summed E-state index contributed by atoms with van der Waals surface area (Å²) < 4.78 is 58.9. The fourth-order valence-corrected chi connectivity index (χ4v) is 6.16. The Labute approximate surface area is 202 Å². The van der Waals surface area contributed by atoms with E-state index in [-0.39, 0.29) is 10.9 Å². The monoisotopic (exact) mass is 528 g/mol. The Kier molecular flexibility index (Phi) is 9.95. The number of benzene rings is 3. The molecule has 0 saturated carbocycles. The number of hydrogen-bond acceptors (Lipinski definition) is 4. The number of aryl methyl sites for hydroxylation is 1. The van der Waals surface area contributed by atoms with Gasteiger partial charge in [0.05, 0.1) is 10.9 Å². The van der Waals surface area contributed by atoms with Crippen molar-refractivity contribution in [2.45, 2.75) is 52.2 Å². The quantitative estimate of drug-likeness (QED) is 0.178. The molecular weight excluding hydrogens is 501 g/mol. The minimum Gasteiger partial charge on any atom is -0.741 e. The van der Waals surface area contributed by atoms with E-state index in [0.29, 0.717) is 0 Å². The summed E-state index contributed by atoms with van der Waals surface area (Å²) in [6.45, 7) is 4.03. The van der Waals surface area contributed by atoms with Gasteiger partial charge in [-0.25, -0.2) is 8.42 Å². The van der Waals surface area contributed by atoms with Gasteiger partial charge in [0.15, 0.2) is 33.1 Å². The first kappa shape index (κ1) is 28.1. The van der Waals surface area contributed by atoms with Crippen molar-refractivity contribution >= 4 is 29.3 Å². The third-order valence-corrected chi connectivity index (χ3v) is 9.03. The normalized spacial score (nSPS) is 12.2. The molecule has 1 N–H and O–H groups in total. The average molecular weight is 529 g/mol. The van der Waals surface area contributed by atoms with Gasteiger partial charge in [-0.3, -0.25) is 0 Å². The minimum atomic E-state index is -6.09. The molecule has 0 saturated heterocycles. The summed E-state index contributed by atoms with van der Waals surface area (Å²) in [4.78, 5) is 14.0. The van der Waals surface area contributed by atoms with Gasteiger partial charge in [0, 0.05) is 0 Å². The minimum absolute atomic E-state index is 0.0758. The largest absolute Gasteiger partial charge is 0.741 e. The summed E-state index contributed by atoms with van der Waals surface area (Å²) in [6.07, 6.45) is 2.11. The lowest BCUT2D eigenvalue weighted by molar-refractivity contribution is -0.0517. The van der Waals surface area contributed by atoms with E-state index in [1.165, 1.54) is 20.2 Å². The van der Waals surface area contributed by atoms with Gasteiger partial charge in [-0.1, -0.05) is 48.5 Å². The molecule has 184 valence electrons. The Morgan fingerprint density at radius 2 is 1.21 bits per heavy atom. The van der Waals surface area contributed by atoms with Crippen LogP contribution in [0.5, 0.6) is 0 Å². The molecule has 0 radical (unpaired) electrons. The highest BCUT2D eigenvalue weighted by Crippen LogP contribution is 2.31. The Morgan fingerprint density at radius 1 is 0.824 bits per heavy atom. The molecule has 10 heteroatoms. The molecule has 34 heavy (non-hydrogen) atoms. The van der Waals surface area contributed by atoms with Crippen LogP contribution in [0.3, 0.4) is 0 Å². The zero-order chi connectivity index (χ0) is 25.4. The van der Waals surface area contributed by atoms with Crippen LogP contribution in [0.4, 0.5) is 13.2 Å². The van der Waals surface area contributed by atoms with Crippen molar-refractivity contribution in [2.24, 2.45) is 0 Å². The van der Waals surface area contributed by atoms with Crippen molar-refractivity contribution in [3.05, 3.63) is 90.5 Å². The molecule has 0 fully saturated rings. The molecule has 0 spiro atoms. The maximum absolute atomic E-state index is 10.7. The van der Waals surface area contributed by atoms with Crippen LogP contribution in [0.1, 0.15) is 12.0 Å². The van der Waals surface area contributed by atoms with Crippen molar-refractivity contribution in [1.82, 2.24) is 0 Å². The fourth-order valence-electron chi connectivity index (χ4n) is 3.04. The van der Waals surface area contributed by atoms with Crippen molar-refractivity contribution in [1.29, 1.82) is 0 Å². The van der Waals surface area contributed by atoms with Crippen LogP contribution in [0.25, 0.3) is 0 Å². The van der Waals surface area contributed by atoms with Gasteiger partial charge in [-0.05, 0) is 73.9 Å². The Bertz CT molecular complexity index is 1080. The summed E-state index contributed by atoms with van der Waals surface area (Å²) in [7, 11) is -8.09. The zero-order valence-corrected chi connectivity index (χ0v) is 21.5. The highest BCUT2D eigenvalue weighted by Gasteiger charge is 2.37. The molecule has 0 bridgehead atoms. The molecule has 0 heterocycles. The van der Waals surface area contributed by atoms with Crippen molar-refractivity contribution in [2.75, 3.05) is 0 Å². The third-order valence-electron chi connectivity index (χ3n) is 4.65. The average Bonchev–Trinajstić information content (AvgIpc) is 2.75. The van der Waals surface area contributed by atoms with Gasteiger partial charge in [-0.2, -0.15) is 13.2 Å². The molecule has 3 aromatic carbocycles. The van der Waals surface area contributed by atoms with Crippen molar-refractivity contribution in [3.63, 3.8) is 0 Å². The van der Waals surface area contributed by atoms with Gasteiger partial charge in [0.25, 0.3) is 0 Å². The predicted molar refractivity (Wildman–Crippen MR) is 130 cm³/mol. The van der Waals surface area contributed by atoms with E-state index in [2.05, 4.69) is 84.9 Å². The van der Waals surface area contributed by atoms with Crippen LogP contribution in [0, 0.1) is 0 Å². The Hall–Kier alpha value is -2.11. The van der Waals surface area contributed by atoms with Gasteiger partial charge in [0.1, 0.15) is 0 Å². The standard InChI is InChI=1S/C23H27OSSi.CHF3O3S/c1-26(2,24)19-9-10-20-15-17-23(18-16-20)25(21-11-5-3-6-12-21)22-13-7-4-8-14-22;2-1(3,4)8(5,6)7/h3-8,11-18,24H,9-10,19H2,1-2H3;(H,5,6,7)/q+1;/p-1. The molecular formula is C24H27F3O4S2Si. The van der Waals surface area contributed by atoms with E-state index in [9.17, 15) is 18.0 Å². The molecule has 0 aliphatic heterocycles. The molecule has 3 rings (SSSR count). The first-order valence-corrected chi connectivity index (χ1v) is 16.2. The zero-order valence-electron chi connectivity index (χ0n) is 18.8. The van der Waals surface area contributed by atoms with E-state index >= 15 is 0 Å². The second-order valence-electron chi connectivity index (χ2n) is 8.14. The second kappa shape index (κ2) is 12.0. The maximum atomic E-state index is 10.7. The summed E-state index contributed by atoms with van der Waals surface area (Å²) in [6, 6.07) is 31.5. The number of halogens is 3. The van der Waals surface area contributed by atoms with Crippen LogP contribution >= 0.6 is 0 Å². The van der Waals surface area contributed by atoms with Gasteiger partial charge >= 0.3 is 5.51 Å². The highest BCUT2D eigenvalue weighted by atomic mass is 32.2. The summed E-state index contributed by atoms with van der Waals surface area (Å²) in [5, 5.41) is 0. The fraction of sp³-hybridized carbons (Fsp3) is 0.250. The van der Waals surface area contributed by atoms with Gasteiger partial charge in [0.2, 0.25) is 0 Å². The first-order chi connectivity index (χ1) is 15.8. The van der Waals surface area contributed by atoms with E-state index in [0.717, 1.165) is 18.9 Å². The van der Waals surface area contributed by atoms with Crippen LogP contribution in [0.2, 0.25) is 19.1 Å². The molecule has 0 aliphatic carbocycles. The molecule has 0 aromatic heterocycles. The van der Waals surface area contributed by atoms with Gasteiger partial charge in [-0.15, -0.1) is 0 Å². The van der Waals surface area contributed by atoms with E-state index < -0.39 is 23.9 Å². The lowest BCUT2D eigenvalue weighted by atomic mass is 10.1. The van der Waals surface area contributed by atoms with Crippen molar-refractivity contribution < 1.29 is 30.9 Å². The van der Waals surface area contributed by atoms with E-state index in [1.807, 2.05) is 13.1 Å². The second-order valence-corrected chi connectivity index (χ2v) is 15.7. The van der Waals surface area contributed by atoms with Crippen LogP contribution < -0.4 is 0 Å². The molecule has 3 aromatic rings. The van der Waals surface area contributed by atoms with Crippen LogP contribution in [-0.4, -0.2) is 31.6 Å². The molecule has 0 amide bonds. The van der Waals surface area contributed by atoms with Gasteiger partial charge < -0.3 is 9.35 Å². The van der Waals surface area contributed by atoms with Crippen LogP contribution in [0.15, 0.2) is 99.6 Å².